The largest absolute Gasteiger partial charge is 0.274 e. The van der Waals surface area contributed by atoms with Gasteiger partial charge in [0.15, 0.2) is 0 Å². The van der Waals surface area contributed by atoms with Gasteiger partial charge in [0.2, 0.25) is 0 Å². The number of nitriles is 1. The fourth-order valence-corrected chi connectivity index (χ4v) is 2.50. The molecule has 0 unspecified atom stereocenters. The predicted molar refractivity (Wildman–Crippen MR) is 97.6 cm³/mol. The van der Waals surface area contributed by atoms with E-state index in [2.05, 4.69) is 15.6 Å². The maximum atomic E-state index is 13.8. The first-order valence-electron chi connectivity index (χ1n) is 7.98. The van der Waals surface area contributed by atoms with Gasteiger partial charge in [-0.25, -0.2) is 9.82 Å². The maximum absolute atomic E-state index is 13.8. The molecule has 0 bridgehead atoms. The summed E-state index contributed by atoms with van der Waals surface area (Å²) in [6, 6.07) is 14.2. The van der Waals surface area contributed by atoms with Crippen molar-refractivity contribution in [3.63, 3.8) is 0 Å². The van der Waals surface area contributed by atoms with E-state index >= 15 is 0 Å². The Morgan fingerprint density at radius 2 is 2.07 bits per heavy atom. The highest BCUT2D eigenvalue weighted by atomic mass is 19.1. The summed E-state index contributed by atoms with van der Waals surface area (Å²) in [6.45, 7) is 1.68. The highest BCUT2D eigenvalue weighted by Gasteiger charge is 2.33. The van der Waals surface area contributed by atoms with E-state index in [0.29, 0.717) is 11.4 Å². The molecule has 1 N–H and O–H groups in total. The second-order valence-corrected chi connectivity index (χ2v) is 5.73. The summed E-state index contributed by atoms with van der Waals surface area (Å²) in [5.74, 6) is -2.64. The number of carbonyl (C=O) groups is 2. The number of nitrogens with one attached hydrogen (secondary N) is 1. The molecule has 8 heteroatoms. The Morgan fingerprint density at radius 3 is 2.74 bits per heavy atom. The van der Waals surface area contributed by atoms with Crippen molar-refractivity contribution < 1.29 is 14.0 Å². The number of hydrazone groups is 2. The summed E-state index contributed by atoms with van der Waals surface area (Å²) in [5, 5.41) is 18.0. The summed E-state index contributed by atoms with van der Waals surface area (Å²) < 4.78 is 13.8. The first kappa shape index (κ1) is 17.9. The van der Waals surface area contributed by atoms with Crippen LogP contribution in [0.4, 0.5) is 10.1 Å². The number of anilines is 1. The average molecular weight is 363 g/mol. The third-order valence-corrected chi connectivity index (χ3v) is 3.92. The van der Waals surface area contributed by atoms with Crippen molar-refractivity contribution in [3.8, 4) is 6.07 Å². The van der Waals surface area contributed by atoms with E-state index in [9.17, 15) is 14.0 Å². The SMILES string of the molecule is CC1=NN(c2ccccc2)C(=O)[C@@H]1/C=N\NC(=O)c1ccc(C#N)cc1F. The average Bonchev–Trinajstić information content (AvgIpc) is 2.96. The van der Waals surface area contributed by atoms with Crippen LogP contribution in [0, 0.1) is 23.1 Å². The van der Waals surface area contributed by atoms with Gasteiger partial charge in [-0.2, -0.15) is 20.5 Å². The molecule has 1 heterocycles. The molecule has 134 valence electrons. The lowest BCUT2D eigenvalue weighted by Crippen LogP contribution is -2.29. The Hall–Kier alpha value is -3.86. The molecule has 0 spiro atoms. The molecule has 0 saturated carbocycles. The Bertz CT molecular complexity index is 995. The van der Waals surface area contributed by atoms with E-state index in [4.69, 9.17) is 5.26 Å². The van der Waals surface area contributed by atoms with Gasteiger partial charge < -0.3 is 0 Å². The summed E-state index contributed by atoms with van der Waals surface area (Å²) in [6.07, 6.45) is 1.25. The second-order valence-electron chi connectivity index (χ2n) is 5.73. The van der Waals surface area contributed by atoms with Gasteiger partial charge >= 0.3 is 0 Å². The molecule has 2 aromatic rings. The van der Waals surface area contributed by atoms with Gasteiger partial charge in [0.1, 0.15) is 11.7 Å². The van der Waals surface area contributed by atoms with E-state index in [1.165, 1.54) is 23.4 Å². The van der Waals surface area contributed by atoms with E-state index in [-0.39, 0.29) is 17.0 Å². The van der Waals surface area contributed by atoms with Crippen LogP contribution in [0.3, 0.4) is 0 Å². The molecule has 7 nitrogen and oxygen atoms in total. The monoisotopic (exact) mass is 363 g/mol. The predicted octanol–water partition coefficient (Wildman–Crippen LogP) is 2.45. The number of hydrogen-bond donors (Lipinski definition) is 1. The van der Waals surface area contributed by atoms with E-state index in [1.54, 1.807) is 37.3 Å². The van der Waals surface area contributed by atoms with Gasteiger partial charge in [-0.05, 0) is 37.3 Å². The van der Waals surface area contributed by atoms with Crippen LogP contribution in [0.5, 0.6) is 0 Å². The van der Waals surface area contributed by atoms with Gasteiger partial charge in [0.25, 0.3) is 11.8 Å². The Kier molecular flexibility index (Phi) is 5.04. The number of rotatable bonds is 4. The highest BCUT2D eigenvalue weighted by Crippen LogP contribution is 2.22. The van der Waals surface area contributed by atoms with Gasteiger partial charge in [-0.3, -0.25) is 9.59 Å². The van der Waals surface area contributed by atoms with Crippen LogP contribution in [-0.2, 0) is 4.79 Å². The van der Waals surface area contributed by atoms with Gasteiger partial charge in [-0.15, -0.1) is 0 Å². The normalized spacial score (nSPS) is 16.3. The van der Waals surface area contributed by atoms with Crippen LogP contribution in [0.25, 0.3) is 0 Å². The summed E-state index contributed by atoms with van der Waals surface area (Å²) in [5.41, 5.74) is 3.19. The van der Waals surface area contributed by atoms with Crippen LogP contribution in [0.1, 0.15) is 22.8 Å². The van der Waals surface area contributed by atoms with Crippen LogP contribution in [-0.4, -0.2) is 23.7 Å². The smallest absolute Gasteiger partial charge is 0.271 e. The third-order valence-electron chi connectivity index (χ3n) is 3.92. The van der Waals surface area contributed by atoms with E-state index in [1.807, 2.05) is 6.07 Å². The van der Waals surface area contributed by atoms with Crippen LogP contribution in [0.15, 0.2) is 58.7 Å². The van der Waals surface area contributed by atoms with Crippen LogP contribution >= 0.6 is 0 Å². The summed E-state index contributed by atoms with van der Waals surface area (Å²) >= 11 is 0. The fraction of sp³-hybridized carbons (Fsp3) is 0.105. The molecule has 1 aliphatic heterocycles. The second kappa shape index (κ2) is 7.58. The number of para-hydroxylation sites is 1. The van der Waals surface area contributed by atoms with Crippen molar-refractivity contribution in [2.75, 3.05) is 5.01 Å². The molecule has 1 atom stereocenters. The number of amides is 2. The van der Waals surface area contributed by atoms with Gasteiger partial charge in [0.05, 0.1) is 28.6 Å². The number of nitrogens with zero attached hydrogens (tertiary/aromatic N) is 4. The number of carbonyl (C=O) groups excluding carboxylic acids is 2. The minimum Gasteiger partial charge on any atom is -0.271 e. The first-order valence-corrected chi connectivity index (χ1v) is 7.98. The Labute approximate surface area is 154 Å². The molecule has 2 amide bonds. The fourth-order valence-electron chi connectivity index (χ4n) is 2.50. The Morgan fingerprint density at radius 1 is 1.33 bits per heavy atom. The first-order chi connectivity index (χ1) is 13.0. The lowest BCUT2D eigenvalue weighted by Gasteiger charge is -2.12. The van der Waals surface area contributed by atoms with Crippen molar-refractivity contribution >= 4 is 29.4 Å². The van der Waals surface area contributed by atoms with Crippen LogP contribution in [0.2, 0.25) is 0 Å². The number of benzene rings is 2. The van der Waals surface area contributed by atoms with Crippen LogP contribution < -0.4 is 10.4 Å². The molecule has 0 saturated heterocycles. The van der Waals surface area contributed by atoms with Crippen molar-refractivity contribution in [3.05, 3.63) is 65.5 Å². The molecule has 0 fully saturated rings. The minimum atomic E-state index is -0.827. The summed E-state index contributed by atoms with van der Waals surface area (Å²) in [4.78, 5) is 24.5. The lowest BCUT2D eigenvalue weighted by molar-refractivity contribution is -0.118. The zero-order valence-corrected chi connectivity index (χ0v) is 14.3. The topological polar surface area (TPSA) is 97.9 Å². The number of hydrogen-bond acceptors (Lipinski definition) is 5. The zero-order chi connectivity index (χ0) is 19.4. The molecule has 0 aromatic heterocycles. The van der Waals surface area contributed by atoms with Crippen molar-refractivity contribution in [1.82, 2.24) is 5.43 Å². The summed E-state index contributed by atoms with van der Waals surface area (Å²) in [7, 11) is 0. The molecule has 0 aliphatic carbocycles. The quantitative estimate of drug-likeness (QED) is 0.667. The molecule has 2 aromatic carbocycles. The molecular formula is C19H14FN5O2. The van der Waals surface area contributed by atoms with Crippen molar-refractivity contribution in [2.45, 2.75) is 6.92 Å². The van der Waals surface area contributed by atoms with E-state index in [0.717, 1.165) is 6.07 Å². The molecule has 27 heavy (non-hydrogen) atoms. The molecule has 1 aliphatic rings. The lowest BCUT2D eigenvalue weighted by atomic mass is 10.1. The Balaban J connectivity index is 1.68. The molecular weight excluding hydrogens is 349 g/mol. The van der Waals surface area contributed by atoms with Gasteiger partial charge in [-0.1, -0.05) is 18.2 Å². The van der Waals surface area contributed by atoms with E-state index < -0.39 is 17.6 Å². The standard InChI is InChI=1S/C19H14FN5O2/c1-12-16(19(27)25(24-12)14-5-3-2-4-6-14)11-22-23-18(26)15-8-7-13(10-21)9-17(15)20/h2-9,11,16H,1H3,(H,23,26)/b22-11-/t16-/m1/s1. The third kappa shape index (κ3) is 3.72. The van der Waals surface area contributed by atoms with Crippen molar-refractivity contribution in [1.29, 1.82) is 5.26 Å². The zero-order valence-electron chi connectivity index (χ0n) is 14.3. The maximum Gasteiger partial charge on any atom is 0.274 e. The van der Waals surface area contributed by atoms with Gasteiger partial charge in [0, 0.05) is 6.21 Å². The van der Waals surface area contributed by atoms with Crippen molar-refractivity contribution in [2.24, 2.45) is 16.1 Å². The number of halogens is 1. The molecule has 3 rings (SSSR count). The molecule has 0 radical (unpaired) electrons. The highest BCUT2D eigenvalue weighted by molar-refractivity contribution is 6.23. The minimum absolute atomic E-state index is 0.108.